The summed E-state index contributed by atoms with van der Waals surface area (Å²) in [5.41, 5.74) is 0. The van der Waals surface area contributed by atoms with Crippen molar-refractivity contribution >= 4 is 11.9 Å². The first-order chi connectivity index (χ1) is 25.8. The zero-order chi connectivity index (χ0) is 38.8. The highest BCUT2D eigenvalue weighted by atomic mass is 16.7. The summed E-state index contributed by atoms with van der Waals surface area (Å²) in [5.74, 6) is -0.874. The van der Waals surface area contributed by atoms with Gasteiger partial charge in [0.2, 0.25) is 0 Å². The van der Waals surface area contributed by atoms with Gasteiger partial charge in [-0.25, -0.2) is 0 Å². The van der Waals surface area contributed by atoms with Crippen LogP contribution in [0.2, 0.25) is 0 Å². The average Bonchev–Trinajstić information content (AvgIpc) is 3.15. The molecule has 0 spiro atoms. The molecule has 2 unspecified atom stereocenters. The number of carbonyl (C=O) groups is 2. The summed E-state index contributed by atoms with van der Waals surface area (Å²) in [6.45, 7) is 3.31. The lowest BCUT2D eigenvalue weighted by Crippen LogP contribution is -2.59. The first-order valence-electron chi connectivity index (χ1n) is 20.7. The molecule has 1 heterocycles. The van der Waals surface area contributed by atoms with E-state index in [0.717, 1.165) is 57.8 Å². The van der Waals surface area contributed by atoms with Gasteiger partial charge in [-0.2, -0.15) is 0 Å². The molecule has 4 N–H and O–H groups in total. The van der Waals surface area contributed by atoms with E-state index in [1.807, 2.05) is 0 Å². The molecule has 0 amide bonds. The molecule has 6 atom stereocenters. The van der Waals surface area contributed by atoms with Crippen LogP contribution in [0.3, 0.4) is 0 Å². The molecule has 1 aliphatic heterocycles. The minimum atomic E-state index is -1.60. The van der Waals surface area contributed by atoms with E-state index in [4.69, 9.17) is 18.9 Å². The Morgan fingerprint density at radius 2 is 1.06 bits per heavy atom. The fourth-order valence-electron chi connectivity index (χ4n) is 5.83. The van der Waals surface area contributed by atoms with Crippen LogP contribution in [-0.4, -0.2) is 89.0 Å². The van der Waals surface area contributed by atoms with Crippen LogP contribution >= 0.6 is 0 Å². The topological polar surface area (TPSA) is 152 Å². The van der Waals surface area contributed by atoms with Crippen molar-refractivity contribution in [2.75, 3.05) is 19.8 Å². The number of esters is 2. The summed E-state index contributed by atoms with van der Waals surface area (Å²) in [5, 5.41) is 40.0. The van der Waals surface area contributed by atoms with E-state index in [1.54, 1.807) is 0 Å². The summed E-state index contributed by atoms with van der Waals surface area (Å²) in [6, 6.07) is 0. The maximum absolute atomic E-state index is 12.7. The molecule has 1 saturated heterocycles. The standard InChI is InChI=1S/C43H74O10/c1-3-5-7-9-11-13-15-17-18-20-22-24-26-28-30-32-39(46)52-36(35-51-43-42(49)41(48)40(47)37(33-44)53-43)34-50-38(45)31-29-27-25-23-21-19-16-14-12-10-8-6-4-2/h11,13,17-19,21-22,24,36-37,40-44,47-49H,3-10,12,14-16,20,23,25-35H2,1-2H3/b13-11+,18-17+,21-19+,24-22+/t36-,37-,40+,41?,42?,43-/m1/s1. The number of ether oxygens (including phenoxy) is 4. The molecule has 1 rings (SSSR count). The Morgan fingerprint density at radius 3 is 1.68 bits per heavy atom. The second kappa shape index (κ2) is 34.2. The van der Waals surface area contributed by atoms with Gasteiger partial charge >= 0.3 is 11.9 Å². The monoisotopic (exact) mass is 751 g/mol. The summed E-state index contributed by atoms with van der Waals surface area (Å²) < 4.78 is 22.0. The van der Waals surface area contributed by atoms with Gasteiger partial charge in [0, 0.05) is 12.8 Å². The van der Waals surface area contributed by atoms with Crippen molar-refractivity contribution in [3.63, 3.8) is 0 Å². The van der Waals surface area contributed by atoms with Gasteiger partial charge in [0.1, 0.15) is 31.0 Å². The van der Waals surface area contributed by atoms with Crippen LogP contribution in [-0.2, 0) is 28.5 Å². The second-order valence-corrected chi connectivity index (χ2v) is 14.1. The molecule has 53 heavy (non-hydrogen) atoms. The molecule has 1 aliphatic rings. The molecule has 0 aromatic heterocycles. The molecule has 1 fully saturated rings. The molecule has 0 aromatic rings. The number of hydrogen-bond donors (Lipinski definition) is 4. The highest BCUT2D eigenvalue weighted by Crippen LogP contribution is 2.22. The number of unbranched alkanes of at least 4 members (excludes halogenated alkanes) is 14. The molecule has 0 saturated carbocycles. The van der Waals surface area contributed by atoms with E-state index in [1.165, 1.54) is 57.8 Å². The number of allylic oxidation sites excluding steroid dienone is 8. The third-order valence-electron chi connectivity index (χ3n) is 9.19. The van der Waals surface area contributed by atoms with Gasteiger partial charge in [0.05, 0.1) is 13.2 Å². The van der Waals surface area contributed by atoms with Crippen molar-refractivity contribution < 1.29 is 49.0 Å². The van der Waals surface area contributed by atoms with E-state index in [0.29, 0.717) is 12.8 Å². The Balaban J connectivity index is 2.42. The van der Waals surface area contributed by atoms with Crippen molar-refractivity contribution in [3.05, 3.63) is 48.6 Å². The van der Waals surface area contributed by atoms with Gasteiger partial charge in [0.25, 0.3) is 0 Å². The normalized spacial score (nSPS) is 21.4. The fraction of sp³-hybridized carbons (Fsp3) is 0.767. The van der Waals surface area contributed by atoms with E-state index in [2.05, 4.69) is 62.5 Å². The van der Waals surface area contributed by atoms with Crippen molar-refractivity contribution in [1.82, 2.24) is 0 Å². The predicted octanol–water partition coefficient (Wildman–Crippen LogP) is 8.10. The van der Waals surface area contributed by atoms with Crippen LogP contribution in [0.4, 0.5) is 0 Å². The van der Waals surface area contributed by atoms with Gasteiger partial charge < -0.3 is 39.4 Å². The Hall–Kier alpha value is -2.34. The highest BCUT2D eigenvalue weighted by molar-refractivity contribution is 5.70. The molecule has 306 valence electrons. The number of aliphatic hydroxyl groups is 4. The van der Waals surface area contributed by atoms with Crippen molar-refractivity contribution in [1.29, 1.82) is 0 Å². The minimum absolute atomic E-state index is 0.177. The molecule has 0 bridgehead atoms. The maximum Gasteiger partial charge on any atom is 0.306 e. The first-order valence-corrected chi connectivity index (χ1v) is 20.7. The lowest BCUT2D eigenvalue weighted by atomic mass is 9.99. The smallest absolute Gasteiger partial charge is 0.306 e. The lowest BCUT2D eigenvalue weighted by Gasteiger charge is -2.39. The quantitative estimate of drug-likeness (QED) is 0.0294. The van der Waals surface area contributed by atoms with E-state index in [-0.39, 0.29) is 26.1 Å². The third kappa shape index (κ3) is 26.2. The van der Waals surface area contributed by atoms with Crippen LogP contribution in [0.15, 0.2) is 48.6 Å². The molecule has 10 heteroatoms. The molecular weight excluding hydrogens is 676 g/mol. The molecule has 0 radical (unpaired) electrons. The van der Waals surface area contributed by atoms with E-state index >= 15 is 0 Å². The summed E-state index contributed by atoms with van der Waals surface area (Å²) in [6.07, 6.45) is 31.2. The zero-order valence-electron chi connectivity index (χ0n) is 33.0. The Labute approximate surface area is 320 Å². The van der Waals surface area contributed by atoms with Gasteiger partial charge in [-0.3, -0.25) is 9.59 Å². The van der Waals surface area contributed by atoms with Gasteiger partial charge in [-0.1, -0.05) is 114 Å². The Kier molecular flexibility index (Phi) is 31.4. The molecule has 0 aromatic carbocycles. The summed E-state index contributed by atoms with van der Waals surface area (Å²) in [4.78, 5) is 25.2. The van der Waals surface area contributed by atoms with E-state index in [9.17, 15) is 30.0 Å². The van der Waals surface area contributed by atoms with Crippen molar-refractivity contribution in [2.45, 2.75) is 192 Å². The van der Waals surface area contributed by atoms with Gasteiger partial charge in [0.15, 0.2) is 12.4 Å². The molecule has 0 aliphatic carbocycles. The average molecular weight is 751 g/mol. The lowest BCUT2D eigenvalue weighted by molar-refractivity contribution is -0.305. The SMILES string of the molecule is CCCCC/C=C/C/C=C/C/C=C/CCCCC(=O)O[C@H](COC(=O)CCCCC/C=C/CCCCCCCC)CO[C@@H]1O[C@H](CO)[C@H](O)C(O)C1O. The minimum Gasteiger partial charge on any atom is -0.462 e. The van der Waals surface area contributed by atoms with Crippen LogP contribution in [0.25, 0.3) is 0 Å². The van der Waals surface area contributed by atoms with Crippen molar-refractivity contribution in [3.8, 4) is 0 Å². The zero-order valence-corrected chi connectivity index (χ0v) is 33.0. The number of carbonyl (C=O) groups excluding carboxylic acids is 2. The van der Waals surface area contributed by atoms with Crippen LogP contribution in [0, 0.1) is 0 Å². The van der Waals surface area contributed by atoms with E-state index < -0.39 is 55.4 Å². The second-order valence-electron chi connectivity index (χ2n) is 14.1. The summed E-state index contributed by atoms with van der Waals surface area (Å²) in [7, 11) is 0. The molecule has 10 nitrogen and oxygen atoms in total. The predicted molar refractivity (Wildman–Crippen MR) is 210 cm³/mol. The Morgan fingerprint density at radius 1 is 0.585 bits per heavy atom. The van der Waals surface area contributed by atoms with Gasteiger partial charge in [-0.15, -0.1) is 0 Å². The van der Waals surface area contributed by atoms with Gasteiger partial charge in [-0.05, 0) is 77.0 Å². The van der Waals surface area contributed by atoms with Crippen LogP contribution in [0.1, 0.15) is 155 Å². The Bertz CT molecular complexity index is 1010. The largest absolute Gasteiger partial charge is 0.462 e. The number of hydrogen-bond acceptors (Lipinski definition) is 10. The van der Waals surface area contributed by atoms with Crippen molar-refractivity contribution in [2.24, 2.45) is 0 Å². The fourth-order valence-corrected chi connectivity index (χ4v) is 5.83. The number of rotatable bonds is 33. The van der Waals surface area contributed by atoms with Crippen LogP contribution in [0.5, 0.6) is 0 Å². The highest BCUT2D eigenvalue weighted by Gasteiger charge is 2.44. The third-order valence-corrected chi connectivity index (χ3v) is 9.19. The molecular formula is C43H74O10. The maximum atomic E-state index is 12.7. The first kappa shape index (κ1) is 48.7. The number of aliphatic hydroxyl groups excluding tert-OH is 4. The van der Waals surface area contributed by atoms with Crippen LogP contribution < -0.4 is 0 Å². The summed E-state index contributed by atoms with van der Waals surface area (Å²) >= 11 is 0.